The quantitative estimate of drug-likeness (QED) is 0.272. The molecule has 0 radical (unpaired) electrons. The SMILES string of the molecule is COc1ccc(C(=O)N(CCC(C)C)CC(=O)N2CCc3sccc3[C@@H]2COc2ccc(C(C)C)cc2)cc1. The second-order valence-corrected chi connectivity index (χ2v) is 11.8. The van der Waals surface area contributed by atoms with Crippen LogP contribution in [0.4, 0.5) is 0 Å². The zero-order valence-electron chi connectivity index (χ0n) is 23.7. The van der Waals surface area contributed by atoms with E-state index in [1.165, 1.54) is 10.4 Å². The van der Waals surface area contributed by atoms with Crippen LogP contribution >= 0.6 is 11.3 Å². The Morgan fingerprint density at radius 3 is 2.33 bits per heavy atom. The van der Waals surface area contributed by atoms with Gasteiger partial charge in [-0.15, -0.1) is 11.3 Å². The number of ether oxygens (including phenoxy) is 2. The first-order valence-corrected chi connectivity index (χ1v) is 14.7. The van der Waals surface area contributed by atoms with E-state index in [1.54, 1.807) is 47.6 Å². The maximum atomic E-state index is 13.8. The molecule has 0 spiro atoms. The van der Waals surface area contributed by atoms with Gasteiger partial charge in [0.15, 0.2) is 0 Å². The number of carbonyl (C=O) groups excluding carboxylic acids is 2. The molecule has 3 aromatic rings. The minimum Gasteiger partial charge on any atom is -0.497 e. The van der Waals surface area contributed by atoms with Gasteiger partial charge < -0.3 is 19.3 Å². The summed E-state index contributed by atoms with van der Waals surface area (Å²) in [6.07, 6.45) is 1.64. The van der Waals surface area contributed by atoms with Crippen molar-refractivity contribution in [3.63, 3.8) is 0 Å². The van der Waals surface area contributed by atoms with Gasteiger partial charge in [0.25, 0.3) is 5.91 Å². The molecule has 6 nitrogen and oxygen atoms in total. The summed E-state index contributed by atoms with van der Waals surface area (Å²) in [5.41, 5.74) is 2.96. The third-order valence-corrected chi connectivity index (χ3v) is 8.29. The van der Waals surface area contributed by atoms with E-state index in [-0.39, 0.29) is 24.4 Å². The molecule has 0 saturated carbocycles. The molecule has 1 atom stereocenters. The molecule has 1 aliphatic rings. The Morgan fingerprint density at radius 2 is 1.69 bits per heavy atom. The number of nitrogens with zero attached hydrogens (tertiary/aromatic N) is 2. The zero-order valence-corrected chi connectivity index (χ0v) is 24.5. The van der Waals surface area contributed by atoms with Crippen LogP contribution in [0.15, 0.2) is 60.0 Å². The van der Waals surface area contributed by atoms with Crippen molar-refractivity contribution >= 4 is 23.2 Å². The minimum absolute atomic E-state index is 0.0383. The molecular formula is C32H40N2O4S. The van der Waals surface area contributed by atoms with Gasteiger partial charge in [0.2, 0.25) is 5.91 Å². The third kappa shape index (κ3) is 7.21. The molecule has 0 N–H and O–H groups in total. The molecule has 0 saturated heterocycles. The van der Waals surface area contributed by atoms with Crippen molar-refractivity contribution < 1.29 is 19.1 Å². The van der Waals surface area contributed by atoms with Crippen LogP contribution in [-0.2, 0) is 11.2 Å². The van der Waals surface area contributed by atoms with E-state index >= 15 is 0 Å². The van der Waals surface area contributed by atoms with Crippen LogP contribution in [0.5, 0.6) is 11.5 Å². The molecule has 208 valence electrons. The van der Waals surface area contributed by atoms with Gasteiger partial charge in [0, 0.05) is 23.5 Å². The van der Waals surface area contributed by atoms with Crippen molar-refractivity contribution in [1.29, 1.82) is 0 Å². The van der Waals surface area contributed by atoms with Crippen LogP contribution in [0.25, 0.3) is 0 Å². The summed E-state index contributed by atoms with van der Waals surface area (Å²) in [6.45, 7) is 10.1. The molecule has 0 aliphatic carbocycles. The summed E-state index contributed by atoms with van der Waals surface area (Å²) in [5, 5.41) is 2.09. The fraction of sp³-hybridized carbons (Fsp3) is 0.438. The first-order chi connectivity index (χ1) is 18.8. The predicted molar refractivity (Wildman–Crippen MR) is 157 cm³/mol. The molecule has 4 rings (SSSR count). The van der Waals surface area contributed by atoms with E-state index in [2.05, 4.69) is 51.3 Å². The van der Waals surface area contributed by atoms with Crippen molar-refractivity contribution in [2.75, 3.05) is 33.4 Å². The highest BCUT2D eigenvalue weighted by molar-refractivity contribution is 7.10. The van der Waals surface area contributed by atoms with Crippen LogP contribution in [0.3, 0.4) is 0 Å². The number of carbonyl (C=O) groups is 2. The smallest absolute Gasteiger partial charge is 0.254 e. The minimum atomic E-state index is -0.194. The summed E-state index contributed by atoms with van der Waals surface area (Å²) in [7, 11) is 1.60. The van der Waals surface area contributed by atoms with Crippen molar-refractivity contribution in [1.82, 2.24) is 9.80 Å². The van der Waals surface area contributed by atoms with Crippen LogP contribution in [0, 0.1) is 5.92 Å². The van der Waals surface area contributed by atoms with Gasteiger partial charge in [-0.3, -0.25) is 9.59 Å². The fourth-order valence-electron chi connectivity index (χ4n) is 4.84. The lowest BCUT2D eigenvalue weighted by Gasteiger charge is -2.37. The van der Waals surface area contributed by atoms with Crippen LogP contribution in [-0.4, -0.2) is 55.0 Å². The van der Waals surface area contributed by atoms with Crippen LogP contribution in [0.2, 0.25) is 0 Å². The predicted octanol–water partition coefficient (Wildman–Crippen LogP) is 6.57. The maximum absolute atomic E-state index is 13.8. The van der Waals surface area contributed by atoms with Crippen LogP contribution in [0.1, 0.15) is 72.4 Å². The number of methoxy groups -OCH3 is 1. The first kappa shape index (κ1) is 28.7. The Bertz CT molecular complexity index is 1230. The van der Waals surface area contributed by atoms with E-state index < -0.39 is 0 Å². The third-order valence-electron chi connectivity index (χ3n) is 7.30. The van der Waals surface area contributed by atoms with E-state index in [0.29, 0.717) is 42.8 Å². The van der Waals surface area contributed by atoms with E-state index in [9.17, 15) is 9.59 Å². The monoisotopic (exact) mass is 548 g/mol. The first-order valence-electron chi connectivity index (χ1n) is 13.8. The zero-order chi connectivity index (χ0) is 27.9. The Kier molecular flexibility index (Phi) is 9.68. The van der Waals surface area contributed by atoms with Crippen molar-refractivity contribution in [3.8, 4) is 11.5 Å². The summed E-state index contributed by atoms with van der Waals surface area (Å²) < 4.78 is 11.5. The number of fused-ring (bicyclic) bond motifs is 1. The molecule has 1 aromatic heterocycles. The Balaban J connectivity index is 1.51. The fourth-order valence-corrected chi connectivity index (χ4v) is 5.76. The second-order valence-electron chi connectivity index (χ2n) is 10.8. The summed E-state index contributed by atoms with van der Waals surface area (Å²) in [4.78, 5) is 32.2. The van der Waals surface area contributed by atoms with Crippen LogP contribution < -0.4 is 9.47 Å². The topological polar surface area (TPSA) is 59.1 Å². The maximum Gasteiger partial charge on any atom is 0.254 e. The average molecular weight is 549 g/mol. The number of hydrogen-bond acceptors (Lipinski definition) is 5. The van der Waals surface area contributed by atoms with Gasteiger partial charge in [-0.1, -0.05) is 39.8 Å². The molecule has 0 fully saturated rings. The highest BCUT2D eigenvalue weighted by atomic mass is 32.1. The molecule has 1 aliphatic heterocycles. The summed E-state index contributed by atoms with van der Waals surface area (Å²) in [6, 6.07) is 17.2. The van der Waals surface area contributed by atoms with E-state index in [1.807, 2.05) is 17.0 Å². The highest BCUT2D eigenvalue weighted by Crippen LogP contribution is 2.34. The van der Waals surface area contributed by atoms with Gasteiger partial charge in [-0.05, 0) is 83.6 Å². The molecule has 2 amide bonds. The highest BCUT2D eigenvalue weighted by Gasteiger charge is 2.33. The Labute approximate surface area is 236 Å². The van der Waals surface area contributed by atoms with Gasteiger partial charge in [0.05, 0.1) is 13.2 Å². The standard InChI is InChI=1S/C32H40N2O4S/c1-22(2)14-17-33(32(36)25-8-10-26(37-5)11-9-25)20-31(35)34-18-15-30-28(16-19-39-30)29(34)21-38-27-12-6-24(7-13-27)23(3)4/h6-13,16,19,22-23,29H,14-15,17-18,20-21H2,1-5H3/t29-/m0/s1. The molecule has 2 aromatic carbocycles. The molecule has 0 bridgehead atoms. The Hall–Kier alpha value is -3.32. The molecule has 7 heteroatoms. The number of amides is 2. The number of thiophene rings is 1. The normalized spacial score (nSPS) is 14.8. The van der Waals surface area contributed by atoms with Gasteiger partial charge >= 0.3 is 0 Å². The second kappa shape index (κ2) is 13.2. The van der Waals surface area contributed by atoms with Crippen molar-refractivity contribution in [2.24, 2.45) is 5.92 Å². The number of benzene rings is 2. The molecule has 0 unspecified atom stereocenters. The number of hydrogen-bond donors (Lipinski definition) is 0. The van der Waals surface area contributed by atoms with Crippen molar-refractivity contribution in [2.45, 2.75) is 52.5 Å². The van der Waals surface area contributed by atoms with Gasteiger partial charge in [0.1, 0.15) is 24.7 Å². The van der Waals surface area contributed by atoms with Crippen molar-refractivity contribution in [3.05, 3.63) is 81.5 Å². The van der Waals surface area contributed by atoms with Gasteiger partial charge in [-0.2, -0.15) is 0 Å². The lowest BCUT2D eigenvalue weighted by atomic mass is 10.00. The van der Waals surface area contributed by atoms with E-state index in [0.717, 1.165) is 24.2 Å². The largest absolute Gasteiger partial charge is 0.497 e. The lowest BCUT2D eigenvalue weighted by molar-refractivity contribution is -0.135. The summed E-state index contributed by atoms with van der Waals surface area (Å²) >= 11 is 1.73. The lowest BCUT2D eigenvalue weighted by Crippen LogP contribution is -2.48. The van der Waals surface area contributed by atoms with E-state index in [4.69, 9.17) is 9.47 Å². The summed E-state index contributed by atoms with van der Waals surface area (Å²) in [5.74, 6) is 2.16. The average Bonchev–Trinajstić information content (AvgIpc) is 3.43. The molecule has 39 heavy (non-hydrogen) atoms. The van der Waals surface area contributed by atoms with Gasteiger partial charge in [-0.25, -0.2) is 0 Å². The number of rotatable bonds is 11. The molecule has 2 heterocycles. The Morgan fingerprint density at radius 1 is 1.00 bits per heavy atom. The molecular weight excluding hydrogens is 508 g/mol.